The lowest BCUT2D eigenvalue weighted by atomic mass is 10.2. The van der Waals surface area contributed by atoms with Crippen LogP contribution >= 0.6 is 0 Å². The molecular weight excluding hydrogens is 320 g/mol. The number of anilines is 2. The lowest BCUT2D eigenvalue weighted by molar-refractivity contribution is -0.115. The third kappa shape index (κ3) is 5.24. The molecular formula is C19H22N2O4. The van der Waals surface area contributed by atoms with E-state index in [1.54, 1.807) is 31.4 Å². The van der Waals surface area contributed by atoms with Crippen molar-refractivity contribution in [3.63, 3.8) is 0 Å². The fourth-order valence-electron chi connectivity index (χ4n) is 2.34. The Morgan fingerprint density at radius 1 is 1.08 bits per heavy atom. The number of carbonyl (C=O) groups is 2. The largest absolute Gasteiger partial charge is 0.495 e. The summed E-state index contributed by atoms with van der Waals surface area (Å²) in [5.41, 5.74) is 2.90. The number of ether oxygens (including phenoxy) is 2. The van der Waals surface area contributed by atoms with E-state index in [2.05, 4.69) is 15.4 Å². The van der Waals surface area contributed by atoms with Crippen LogP contribution in [0.25, 0.3) is 0 Å². The summed E-state index contributed by atoms with van der Waals surface area (Å²) in [5, 5.41) is 5.97. The van der Waals surface area contributed by atoms with Crippen molar-refractivity contribution < 1.29 is 19.1 Å². The fraction of sp³-hybridized carbons (Fsp3) is 0.263. The van der Waals surface area contributed by atoms with E-state index in [0.717, 1.165) is 17.0 Å². The van der Waals surface area contributed by atoms with Crippen LogP contribution < -0.4 is 15.4 Å². The first-order valence-electron chi connectivity index (χ1n) is 7.90. The molecule has 0 aliphatic rings. The van der Waals surface area contributed by atoms with Crippen LogP contribution in [-0.4, -0.2) is 32.6 Å². The molecule has 0 radical (unpaired) electrons. The van der Waals surface area contributed by atoms with Gasteiger partial charge < -0.3 is 20.1 Å². The van der Waals surface area contributed by atoms with E-state index in [-0.39, 0.29) is 12.3 Å². The highest BCUT2D eigenvalue weighted by Gasteiger charge is 2.08. The summed E-state index contributed by atoms with van der Waals surface area (Å²) in [5.74, 6) is 0.141. The van der Waals surface area contributed by atoms with Gasteiger partial charge in [-0.25, -0.2) is 4.79 Å². The molecule has 6 heteroatoms. The Morgan fingerprint density at radius 2 is 1.88 bits per heavy atom. The van der Waals surface area contributed by atoms with E-state index >= 15 is 0 Å². The number of amides is 1. The molecule has 0 heterocycles. The van der Waals surface area contributed by atoms with Gasteiger partial charge >= 0.3 is 5.97 Å². The molecule has 25 heavy (non-hydrogen) atoms. The Hall–Kier alpha value is -3.02. The first-order valence-corrected chi connectivity index (χ1v) is 7.90. The maximum Gasteiger partial charge on any atom is 0.337 e. The van der Waals surface area contributed by atoms with Crippen molar-refractivity contribution in [2.24, 2.45) is 0 Å². The van der Waals surface area contributed by atoms with Crippen LogP contribution in [0.4, 0.5) is 11.4 Å². The molecule has 2 rings (SSSR count). The van der Waals surface area contributed by atoms with E-state index in [0.29, 0.717) is 17.8 Å². The molecule has 0 saturated carbocycles. The number of hydrogen-bond donors (Lipinski definition) is 2. The summed E-state index contributed by atoms with van der Waals surface area (Å²) in [7, 11) is 2.93. The van der Waals surface area contributed by atoms with Gasteiger partial charge in [-0.15, -0.1) is 0 Å². The average Bonchev–Trinajstić information content (AvgIpc) is 2.61. The summed E-state index contributed by atoms with van der Waals surface area (Å²) in [6.07, 6.45) is 0.277. The molecule has 2 aromatic carbocycles. The van der Waals surface area contributed by atoms with Crippen molar-refractivity contribution in [2.75, 3.05) is 31.4 Å². The second kappa shape index (κ2) is 8.73. The maximum atomic E-state index is 12.1. The Bertz CT molecular complexity index is 759. The minimum absolute atomic E-state index is 0.152. The molecule has 0 aromatic heterocycles. The number of methoxy groups -OCH3 is 2. The predicted octanol–water partition coefficient (Wildman–Crippen LogP) is 3.23. The van der Waals surface area contributed by atoms with Gasteiger partial charge in [-0.2, -0.15) is 0 Å². The number of esters is 1. The summed E-state index contributed by atoms with van der Waals surface area (Å²) in [6, 6.07) is 12.4. The van der Waals surface area contributed by atoms with Crippen LogP contribution in [0.15, 0.2) is 42.5 Å². The van der Waals surface area contributed by atoms with Gasteiger partial charge in [0, 0.05) is 18.7 Å². The smallest absolute Gasteiger partial charge is 0.337 e. The quantitative estimate of drug-likeness (QED) is 0.756. The number of nitrogens with one attached hydrogen (secondary N) is 2. The van der Waals surface area contributed by atoms with Gasteiger partial charge in [-0.1, -0.05) is 12.1 Å². The van der Waals surface area contributed by atoms with Crippen molar-refractivity contribution in [3.05, 3.63) is 53.6 Å². The number of benzene rings is 2. The number of carbonyl (C=O) groups excluding carboxylic acids is 2. The van der Waals surface area contributed by atoms with Gasteiger partial charge in [0.15, 0.2) is 0 Å². The van der Waals surface area contributed by atoms with Crippen molar-refractivity contribution in [1.29, 1.82) is 0 Å². The molecule has 0 saturated heterocycles. The molecule has 2 aromatic rings. The van der Waals surface area contributed by atoms with E-state index in [1.165, 1.54) is 7.11 Å². The topological polar surface area (TPSA) is 76.7 Å². The Labute approximate surface area is 147 Å². The minimum atomic E-state index is -0.440. The molecule has 132 valence electrons. The lowest BCUT2D eigenvalue weighted by Gasteiger charge is -2.12. The maximum absolute atomic E-state index is 12.1. The standard InChI is InChI=1S/C19H22N2O4/c1-13-7-8-17(24-2)16(11-13)20-10-9-18(22)21-15-6-4-5-14(12-15)19(23)25-3/h4-8,11-12,20H,9-10H2,1-3H3,(H,21,22). The summed E-state index contributed by atoms with van der Waals surface area (Å²) >= 11 is 0. The molecule has 1 amide bonds. The zero-order chi connectivity index (χ0) is 18.2. The van der Waals surface area contributed by atoms with Crippen molar-refractivity contribution in [3.8, 4) is 5.75 Å². The van der Waals surface area contributed by atoms with Crippen LogP contribution in [0, 0.1) is 6.92 Å². The van der Waals surface area contributed by atoms with Gasteiger partial charge in [-0.3, -0.25) is 4.79 Å². The fourth-order valence-corrected chi connectivity index (χ4v) is 2.34. The van der Waals surface area contributed by atoms with E-state index in [9.17, 15) is 9.59 Å². The lowest BCUT2D eigenvalue weighted by Crippen LogP contribution is -2.16. The van der Waals surface area contributed by atoms with Crippen molar-refractivity contribution in [1.82, 2.24) is 0 Å². The highest BCUT2D eigenvalue weighted by molar-refractivity contribution is 5.94. The minimum Gasteiger partial charge on any atom is -0.495 e. The first kappa shape index (κ1) is 18.3. The SMILES string of the molecule is COC(=O)c1cccc(NC(=O)CCNc2cc(C)ccc2OC)c1. The Morgan fingerprint density at radius 3 is 2.60 bits per heavy atom. The van der Waals surface area contributed by atoms with Crippen LogP contribution in [0.5, 0.6) is 5.75 Å². The van der Waals surface area contributed by atoms with Gasteiger partial charge in [0.25, 0.3) is 0 Å². The highest BCUT2D eigenvalue weighted by atomic mass is 16.5. The molecule has 2 N–H and O–H groups in total. The van der Waals surface area contributed by atoms with Crippen LogP contribution in [-0.2, 0) is 9.53 Å². The van der Waals surface area contributed by atoms with Crippen LogP contribution in [0.1, 0.15) is 22.3 Å². The molecule has 6 nitrogen and oxygen atoms in total. The van der Waals surface area contributed by atoms with Gasteiger partial charge in [-0.05, 0) is 42.8 Å². The zero-order valence-electron chi connectivity index (χ0n) is 14.6. The monoisotopic (exact) mass is 342 g/mol. The number of hydrogen-bond acceptors (Lipinski definition) is 5. The van der Waals surface area contributed by atoms with E-state index in [4.69, 9.17) is 4.74 Å². The summed E-state index contributed by atoms with van der Waals surface area (Å²) < 4.78 is 9.96. The molecule has 0 unspecified atom stereocenters. The van der Waals surface area contributed by atoms with Crippen molar-refractivity contribution >= 4 is 23.3 Å². The zero-order valence-corrected chi connectivity index (χ0v) is 14.6. The predicted molar refractivity (Wildman–Crippen MR) is 97.2 cm³/mol. The van der Waals surface area contributed by atoms with Crippen LogP contribution in [0.2, 0.25) is 0 Å². The second-order valence-electron chi connectivity index (χ2n) is 5.50. The average molecular weight is 342 g/mol. The molecule has 0 fully saturated rings. The van der Waals surface area contributed by atoms with Gasteiger partial charge in [0.1, 0.15) is 5.75 Å². The molecule has 0 bridgehead atoms. The molecule has 0 aliphatic heterocycles. The second-order valence-corrected chi connectivity index (χ2v) is 5.50. The molecule has 0 atom stereocenters. The third-order valence-corrected chi connectivity index (χ3v) is 3.59. The number of rotatable bonds is 7. The van der Waals surface area contributed by atoms with E-state index < -0.39 is 5.97 Å². The summed E-state index contributed by atoms with van der Waals surface area (Å²) in [6.45, 7) is 2.45. The van der Waals surface area contributed by atoms with Crippen LogP contribution in [0.3, 0.4) is 0 Å². The van der Waals surface area contributed by atoms with E-state index in [1.807, 2.05) is 25.1 Å². The number of aryl methyl sites for hydroxylation is 1. The first-order chi connectivity index (χ1) is 12.0. The third-order valence-electron chi connectivity index (χ3n) is 3.59. The molecule has 0 spiro atoms. The normalized spacial score (nSPS) is 10.0. The van der Waals surface area contributed by atoms with Gasteiger partial charge in [0.2, 0.25) is 5.91 Å². The van der Waals surface area contributed by atoms with Gasteiger partial charge in [0.05, 0.1) is 25.5 Å². The Kier molecular flexibility index (Phi) is 6.39. The van der Waals surface area contributed by atoms with Crippen molar-refractivity contribution in [2.45, 2.75) is 13.3 Å². The highest BCUT2D eigenvalue weighted by Crippen LogP contribution is 2.25. The Balaban J connectivity index is 1.89. The molecule has 0 aliphatic carbocycles. The summed E-state index contributed by atoms with van der Waals surface area (Å²) in [4.78, 5) is 23.6.